The number of amides is 4. The molecule has 1 heterocycles. The first kappa shape index (κ1) is 19.3. The Labute approximate surface area is 163 Å². The second-order valence-electron chi connectivity index (χ2n) is 6.36. The molecule has 1 aliphatic rings. The van der Waals surface area contributed by atoms with Crippen LogP contribution in [0.15, 0.2) is 59.6 Å². The van der Waals surface area contributed by atoms with Crippen molar-refractivity contribution in [3.63, 3.8) is 0 Å². The summed E-state index contributed by atoms with van der Waals surface area (Å²) in [5.41, 5.74) is 1.86. The fourth-order valence-corrected chi connectivity index (χ4v) is 3.02. The normalized spacial score (nSPS) is 17.5. The summed E-state index contributed by atoms with van der Waals surface area (Å²) in [5, 5.41) is 2.24. The second-order valence-corrected chi connectivity index (χ2v) is 6.36. The number of carbonyl (C=O) groups excluding carboxylic acids is 3. The van der Waals surface area contributed by atoms with Crippen LogP contribution in [-0.2, 0) is 16.0 Å². The molecule has 1 unspecified atom stereocenters. The summed E-state index contributed by atoms with van der Waals surface area (Å²) in [7, 11) is 1.53. The van der Waals surface area contributed by atoms with Crippen LogP contribution in [0, 0.1) is 5.92 Å². The van der Waals surface area contributed by atoms with Gasteiger partial charge in [-0.05, 0) is 43.2 Å². The molecular weight excluding hydrogens is 358 g/mol. The molecule has 2 aromatic rings. The number of aliphatic imine (C=N–C) groups is 1. The van der Waals surface area contributed by atoms with Gasteiger partial charge in [0.05, 0.1) is 12.8 Å². The molecule has 1 aliphatic heterocycles. The van der Waals surface area contributed by atoms with Crippen LogP contribution in [0.2, 0.25) is 0 Å². The standard InChI is InChI=1S/C21H21N3O4/c1-14(22-13-12-15-6-4-3-5-7-15)18-19(25)23-21(27)24(20(18)26)16-8-10-17(28-2)11-9-16/h3-11,18H,12-13H2,1-2H3,(H,23,25,27). The van der Waals surface area contributed by atoms with Crippen molar-refractivity contribution >= 4 is 29.2 Å². The van der Waals surface area contributed by atoms with Gasteiger partial charge < -0.3 is 4.74 Å². The highest BCUT2D eigenvalue weighted by atomic mass is 16.5. The summed E-state index contributed by atoms with van der Waals surface area (Å²) in [6, 6.07) is 15.5. The average Bonchev–Trinajstić information content (AvgIpc) is 2.69. The molecule has 144 valence electrons. The molecule has 1 N–H and O–H groups in total. The molecule has 0 bridgehead atoms. The van der Waals surface area contributed by atoms with Crippen LogP contribution in [0.4, 0.5) is 10.5 Å². The van der Waals surface area contributed by atoms with Crippen LogP contribution < -0.4 is 15.0 Å². The third kappa shape index (κ3) is 4.09. The Kier molecular flexibility index (Phi) is 5.84. The van der Waals surface area contributed by atoms with Gasteiger partial charge in [-0.25, -0.2) is 9.69 Å². The minimum absolute atomic E-state index is 0.359. The Morgan fingerprint density at radius 2 is 1.75 bits per heavy atom. The van der Waals surface area contributed by atoms with Crippen molar-refractivity contribution in [3.05, 3.63) is 60.2 Å². The lowest BCUT2D eigenvalue weighted by Crippen LogP contribution is -2.60. The van der Waals surface area contributed by atoms with Crippen LogP contribution in [-0.4, -0.2) is 37.2 Å². The quantitative estimate of drug-likeness (QED) is 0.617. The number of imide groups is 2. The molecule has 1 fully saturated rings. The smallest absolute Gasteiger partial charge is 0.335 e. The first-order chi connectivity index (χ1) is 13.5. The van der Waals surface area contributed by atoms with Gasteiger partial charge in [-0.2, -0.15) is 0 Å². The molecule has 4 amide bonds. The number of methoxy groups -OCH3 is 1. The summed E-state index contributed by atoms with van der Waals surface area (Å²) in [4.78, 5) is 42.8. The molecule has 1 saturated heterocycles. The Bertz CT molecular complexity index is 907. The number of anilines is 1. The number of hydrogen-bond acceptors (Lipinski definition) is 5. The van der Waals surface area contributed by atoms with Gasteiger partial charge in [-0.15, -0.1) is 0 Å². The Balaban J connectivity index is 1.77. The van der Waals surface area contributed by atoms with Crippen LogP contribution in [0.3, 0.4) is 0 Å². The zero-order chi connectivity index (χ0) is 20.1. The molecule has 7 heteroatoms. The van der Waals surface area contributed by atoms with Crippen molar-refractivity contribution in [3.8, 4) is 5.75 Å². The fraction of sp³-hybridized carbons (Fsp3) is 0.238. The highest BCUT2D eigenvalue weighted by molar-refractivity contribution is 6.35. The van der Waals surface area contributed by atoms with E-state index in [0.29, 0.717) is 30.1 Å². The van der Waals surface area contributed by atoms with Crippen LogP contribution in [0.25, 0.3) is 0 Å². The minimum atomic E-state index is -1.13. The van der Waals surface area contributed by atoms with Crippen molar-refractivity contribution in [1.29, 1.82) is 0 Å². The van der Waals surface area contributed by atoms with E-state index in [4.69, 9.17) is 4.74 Å². The minimum Gasteiger partial charge on any atom is -0.497 e. The number of barbiturate groups is 1. The largest absolute Gasteiger partial charge is 0.497 e. The van der Waals surface area contributed by atoms with E-state index >= 15 is 0 Å². The molecule has 0 saturated carbocycles. The molecule has 0 aromatic heterocycles. The van der Waals surface area contributed by atoms with Crippen molar-refractivity contribution in [2.45, 2.75) is 13.3 Å². The van der Waals surface area contributed by atoms with Crippen LogP contribution >= 0.6 is 0 Å². The molecule has 1 atom stereocenters. The van der Waals surface area contributed by atoms with E-state index in [0.717, 1.165) is 10.5 Å². The van der Waals surface area contributed by atoms with Crippen LogP contribution in [0.5, 0.6) is 5.75 Å². The average molecular weight is 379 g/mol. The Morgan fingerprint density at radius 1 is 1.07 bits per heavy atom. The number of hydrogen-bond donors (Lipinski definition) is 1. The predicted octanol–water partition coefficient (Wildman–Crippen LogP) is 2.60. The van der Waals surface area contributed by atoms with Gasteiger partial charge in [0.1, 0.15) is 5.75 Å². The maximum Gasteiger partial charge on any atom is 0.335 e. The van der Waals surface area contributed by atoms with E-state index in [1.807, 2.05) is 30.3 Å². The van der Waals surface area contributed by atoms with Gasteiger partial charge in [0.2, 0.25) is 5.91 Å². The topological polar surface area (TPSA) is 88.1 Å². The molecule has 2 aromatic carbocycles. The van der Waals surface area contributed by atoms with E-state index in [9.17, 15) is 14.4 Å². The van der Waals surface area contributed by atoms with Gasteiger partial charge in [0, 0.05) is 12.3 Å². The zero-order valence-electron chi connectivity index (χ0n) is 15.7. The maximum atomic E-state index is 12.9. The SMILES string of the molecule is COc1ccc(N2C(=O)NC(=O)C(C(C)=NCCc3ccccc3)C2=O)cc1. The van der Waals surface area contributed by atoms with Crippen molar-refractivity contribution in [1.82, 2.24) is 5.32 Å². The lowest BCUT2D eigenvalue weighted by Gasteiger charge is -2.30. The van der Waals surface area contributed by atoms with Crippen molar-refractivity contribution < 1.29 is 19.1 Å². The van der Waals surface area contributed by atoms with Gasteiger partial charge in [0.25, 0.3) is 5.91 Å². The molecular formula is C21H21N3O4. The number of rotatable bonds is 6. The van der Waals surface area contributed by atoms with E-state index in [2.05, 4.69) is 10.3 Å². The monoisotopic (exact) mass is 379 g/mol. The summed E-state index contributed by atoms with van der Waals surface area (Å²) in [6.45, 7) is 2.08. The highest BCUT2D eigenvalue weighted by Gasteiger charge is 2.42. The lowest BCUT2D eigenvalue weighted by atomic mass is 9.99. The fourth-order valence-electron chi connectivity index (χ4n) is 3.02. The molecule has 28 heavy (non-hydrogen) atoms. The van der Waals surface area contributed by atoms with Gasteiger partial charge in [-0.1, -0.05) is 30.3 Å². The van der Waals surface area contributed by atoms with Crippen molar-refractivity contribution in [2.24, 2.45) is 10.9 Å². The van der Waals surface area contributed by atoms with Gasteiger partial charge in [0.15, 0.2) is 5.92 Å². The zero-order valence-corrected chi connectivity index (χ0v) is 15.7. The summed E-state index contributed by atoms with van der Waals surface area (Å²) in [6.07, 6.45) is 0.696. The highest BCUT2D eigenvalue weighted by Crippen LogP contribution is 2.24. The summed E-state index contributed by atoms with van der Waals surface area (Å²) in [5.74, 6) is -1.80. The third-order valence-electron chi connectivity index (χ3n) is 4.52. The number of ether oxygens (including phenoxy) is 1. The molecule has 0 aliphatic carbocycles. The van der Waals surface area contributed by atoms with E-state index in [1.165, 1.54) is 7.11 Å². The Hall–Kier alpha value is -3.48. The molecule has 0 spiro atoms. The number of benzene rings is 2. The number of carbonyl (C=O) groups is 3. The maximum absolute atomic E-state index is 12.9. The first-order valence-corrected chi connectivity index (χ1v) is 8.89. The van der Waals surface area contributed by atoms with E-state index in [-0.39, 0.29) is 0 Å². The molecule has 3 rings (SSSR count). The van der Waals surface area contributed by atoms with Crippen LogP contribution in [0.1, 0.15) is 12.5 Å². The van der Waals surface area contributed by atoms with Gasteiger partial charge in [-0.3, -0.25) is 19.9 Å². The summed E-state index contributed by atoms with van der Waals surface area (Å²) < 4.78 is 5.09. The third-order valence-corrected chi connectivity index (χ3v) is 4.52. The second kappa shape index (κ2) is 8.47. The van der Waals surface area contributed by atoms with Crippen molar-refractivity contribution in [2.75, 3.05) is 18.6 Å². The first-order valence-electron chi connectivity index (χ1n) is 8.89. The van der Waals surface area contributed by atoms with E-state index in [1.54, 1.807) is 31.2 Å². The molecule has 0 radical (unpaired) electrons. The summed E-state index contributed by atoms with van der Waals surface area (Å²) >= 11 is 0. The Morgan fingerprint density at radius 3 is 2.39 bits per heavy atom. The number of urea groups is 1. The molecule has 7 nitrogen and oxygen atoms in total. The number of nitrogens with zero attached hydrogens (tertiary/aromatic N) is 2. The number of nitrogens with one attached hydrogen (secondary N) is 1. The van der Waals surface area contributed by atoms with E-state index < -0.39 is 23.8 Å². The lowest BCUT2D eigenvalue weighted by molar-refractivity contribution is -0.131. The van der Waals surface area contributed by atoms with Gasteiger partial charge >= 0.3 is 6.03 Å². The predicted molar refractivity (Wildman–Crippen MR) is 106 cm³/mol.